The number of aliphatic hydroxyl groups is 1. The summed E-state index contributed by atoms with van der Waals surface area (Å²) in [5.41, 5.74) is 7.96. The summed E-state index contributed by atoms with van der Waals surface area (Å²) in [5.74, 6) is 2.33. The minimum Gasteiger partial charge on any atom is -0.496 e. The fourth-order valence-corrected chi connectivity index (χ4v) is 6.15. The Morgan fingerprint density at radius 2 is 1.20 bits per heavy atom. The summed E-state index contributed by atoms with van der Waals surface area (Å²) in [7, 11) is 3.32. The molecule has 0 fully saturated rings. The van der Waals surface area contributed by atoms with Crippen LogP contribution in [0.2, 0.25) is 10.3 Å². The summed E-state index contributed by atoms with van der Waals surface area (Å²) < 4.78 is 10.9. The summed E-state index contributed by atoms with van der Waals surface area (Å²) in [4.78, 5) is 17.0. The van der Waals surface area contributed by atoms with Crippen LogP contribution in [0.15, 0.2) is 47.0 Å². The van der Waals surface area contributed by atoms with Crippen LogP contribution in [0.1, 0.15) is 90.1 Å². The van der Waals surface area contributed by atoms with Crippen molar-refractivity contribution in [3.05, 3.63) is 91.5 Å². The van der Waals surface area contributed by atoms with Crippen LogP contribution in [0, 0.1) is 13.8 Å². The van der Waals surface area contributed by atoms with Gasteiger partial charge in [-0.1, -0.05) is 86.6 Å². The van der Waals surface area contributed by atoms with Crippen molar-refractivity contribution in [1.82, 2.24) is 19.9 Å². The van der Waals surface area contributed by atoms with Crippen molar-refractivity contribution in [2.75, 3.05) is 26.7 Å². The standard InChI is InChI=1S/C17H21ClN2O2S.C17H21ClN2OS/c1-9(2)11-6-10(3)14(22-4)7-12(11)15(21)13-8-19-17(23-5)20-16(13)18;1-10(2)14-6-11(3)15(21-4)8-12(14)7-13-9-19-17(22-5)20-16(13)18/h6-9,15,21H,1-5H3;6,8-10H,7H2,1-5H3. The number of aromatic nitrogens is 4. The van der Waals surface area contributed by atoms with Crippen molar-refractivity contribution in [2.45, 2.75) is 76.2 Å². The van der Waals surface area contributed by atoms with Gasteiger partial charge in [0.25, 0.3) is 0 Å². The first-order chi connectivity index (χ1) is 21.3. The second kappa shape index (κ2) is 16.8. The van der Waals surface area contributed by atoms with E-state index in [9.17, 15) is 5.11 Å². The number of aliphatic hydroxyl groups excluding tert-OH is 1. The van der Waals surface area contributed by atoms with Crippen molar-refractivity contribution in [1.29, 1.82) is 0 Å². The number of ether oxygens (including phenoxy) is 2. The Kier molecular flexibility index (Phi) is 13.8. The number of methoxy groups -OCH3 is 2. The van der Waals surface area contributed by atoms with Crippen LogP contribution in [-0.4, -0.2) is 51.8 Å². The van der Waals surface area contributed by atoms with Crippen molar-refractivity contribution < 1.29 is 14.6 Å². The van der Waals surface area contributed by atoms with Gasteiger partial charge in [0.05, 0.1) is 14.2 Å². The molecule has 0 radical (unpaired) electrons. The number of rotatable bonds is 10. The summed E-state index contributed by atoms with van der Waals surface area (Å²) >= 11 is 15.4. The molecular weight excluding hydrogens is 647 g/mol. The van der Waals surface area contributed by atoms with Gasteiger partial charge in [-0.15, -0.1) is 0 Å². The molecule has 1 atom stereocenters. The maximum atomic E-state index is 10.9. The fourth-order valence-electron chi connectivity index (χ4n) is 4.94. The van der Waals surface area contributed by atoms with Crippen LogP contribution in [0.4, 0.5) is 0 Å². The Labute approximate surface area is 285 Å². The highest BCUT2D eigenvalue weighted by molar-refractivity contribution is 7.98. The highest BCUT2D eigenvalue weighted by Crippen LogP contribution is 2.36. The molecule has 0 spiro atoms. The van der Waals surface area contributed by atoms with Crippen molar-refractivity contribution in [2.24, 2.45) is 0 Å². The molecule has 0 bridgehead atoms. The smallest absolute Gasteiger partial charge is 0.188 e. The van der Waals surface area contributed by atoms with Gasteiger partial charge in [-0.25, -0.2) is 19.9 Å². The molecule has 0 aliphatic carbocycles. The minimum absolute atomic E-state index is 0.259. The molecule has 0 aliphatic heterocycles. The quantitative estimate of drug-likeness (QED) is 0.0994. The van der Waals surface area contributed by atoms with Gasteiger partial charge in [0.2, 0.25) is 0 Å². The molecule has 242 valence electrons. The lowest BCUT2D eigenvalue weighted by atomic mass is 9.90. The number of nitrogens with zero attached hydrogens (tertiary/aromatic N) is 4. The minimum atomic E-state index is -0.898. The molecule has 2 aromatic carbocycles. The third-order valence-corrected chi connectivity index (χ3v) is 9.13. The van der Waals surface area contributed by atoms with Gasteiger partial charge in [0, 0.05) is 29.9 Å². The van der Waals surface area contributed by atoms with E-state index in [2.05, 4.69) is 66.7 Å². The van der Waals surface area contributed by atoms with E-state index in [1.54, 1.807) is 20.4 Å². The first kappa shape index (κ1) is 36.9. The monoisotopic (exact) mass is 688 g/mol. The molecule has 4 aromatic rings. The first-order valence-corrected chi connectivity index (χ1v) is 17.7. The predicted molar refractivity (Wildman–Crippen MR) is 188 cm³/mol. The molecular formula is C34H42Cl2N4O3S2. The second-order valence-corrected chi connectivity index (χ2v) is 13.4. The maximum absolute atomic E-state index is 10.9. The number of halogens is 2. The Hall–Kier alpha value is -2.56. The van der Waals surface area contributed by atoms with Crippen molar-refractivity contribution in [3.63, 3.8) is 0 Å². The summed E-state index contributed by atoms with van der Waals surface area (Å²) in [6.45, 7) is 12.6. The van der Waals surface area contributed by atoms with Crippen LogP contribution in [-0.2, 0) is 6.42 Å². The Morgan fingerprint density at radius 3 is 1.69 bits per heavy atom. The van der Waals surface area contributed by atoms with Crippen LogP contribution < -0.4 is 9.47 Å². The molecule has 0 amide bonds. The largest absolute Gasteiger partial charge is 0.496 e. The molecule has 11 heteroatoms. The SMILES string of the molecule is COc1cc(C(O)c2cnc(SC)nc2Cl)c(C(C)C)cc1C.COc1cc(Cc2cnc(SC)nc2Cl)c(C(C)C)cc1C. The Balaban J connectivity index is 0.000000246. The molecule has 0 saturated carbocycles. The lowest BCUT2D eigenvalue weighted by Crippen LogP contribution is -2.08. The molecule has 1 unspecified atom stereocenters. The highest BCUT2D eigenvalue weighted by Gasteiger charge is 2.22. The lowest BCUT2D eigenvalue weighted by molar-refractivity contribution is 0.217. The average molecular weight is 690 g/mol. The van der Waals surface area contributed by atoms with Gasteiger partial charge in [-0.2, -0.15) is 0 Å². The average Bonchev–Trinajstić information content (AvgIpc) is 3.02. The maximum Gasteiger partial charge on any atom is 0.188 e. The third kappa shape index (κ3) is 9.26. The van der Waals surface area contributed by atoms with Crippen LogP contribution in [0.5, 0.6) is 11.5 Å². The molecule has 0 aliphatic rings. The molecule has 2 aromatic heterocycles. The van der Waals surface area contributed by atoms with E-state index in [0.717, 1.165) is 39.3 Å². The van der Waals surface area contributed by atoms with Gasteiger partial charge in [0.15, 0.2) is 10.3 Å². The van der Waals surface area contributed by atoms with Gasteiger partial charge in [-0.3, -0.25) is 0 Å². The van der Waals surface area contributed by atoms with Gasteiger partial charge in [-0.05, 0) is 83.7 Å². The van der Waals surface area contributed by atoms with Crippen LogP contribution in [0.3, 0.4) is 0 Å². The van der Waals surface area contributed by atoms with Crippen LogP contribution in [0.25, 0.3) is 0 Å². The predicted octanol–water partition coefficient (Wildman–Crippen LogP) is 9.26. The van der Waals surface area contributed by atoms with Crippen molar-refractivity contribution in [3.8, 4) is 11.5 Å². The summed E-state index contributed by atoms with van der Waals surface area (Å²) in [5, 5.41) is 12.9. The molecule has 2 heterocycles. The van der Waals surface area contributed by atoms with E-state index in [0.29, 0.717) is 33.4 Å². The van der Waals surface area contributed by atoms with Gasteiger partial charge < -0.3 is 14.6 Å². The third-order valence-electron chi connectivity index (χ3n) is 7.37. The van der Waals surface area contributed by atoms with Gasteiger partial charge in [0.1, 0.15) is 27.9 Å². The zero-order valence-corrected chi connectivity index (χ0v) is 30.7. The van der Waals surface area contributed by atoms with E-state index >= 15 is 0 Å². The van der Waals surface area contributed by atoms with Gasteiger partial charge >= 0.3 is 0 Å². The molecule has 4 rings (SSSR count). The number of hydrogen-bond acceptors (Lipinski definition) is 9. The number of benzene rings is 2. The van der Waals surface area contributed by atoms with E-state index < -0.39 is 6.10 Å². The molecule has 7 nitrogen and oxygen atoms in total. The molecule has 0 saturated heterocycles. The number of aryl methyl sites for hydroxylation is 2. The van der Waals surface area contributed by atoms with E-state index in [-0.39, 0.29) is 11.1 Å². The van der Waals surface area contributed by atoms with E-state index in [1.165, 1.54) is 34.7 Å². The zero-order valence-electron chi connectivity index (χ0n) is 27.5. The topological polar surface area (TPSA) is 90.2 Å². The Bertz CT molecular complexity index is 1620. The summed E-state index contributed by atoms with van der Waals surface area (Å²) in [6, 6.07) is 8.22. The molecule has 45 heavy (non-hydrogen) atoms. The Morgan fingerprint density at radius 1 is 0.689 bits per heavy atom. The number of hydrogen-bond donors (Lipinski definition) is 1. The normalized spacial score (nSPS) is 11.8. The summed E-state index contributed by atoms with van der Waals surface area (Å²) in [6.07, 6.45) is 7.03. The van der Waals surface area contributed by atoms with E-state index in [4.69, 9.17) is 32.7 Å². The first-order valence-electron chi connectivity index (χ1n) is 14.5. The lowest BCUT2D eigenvalue weighted by Gasteiger charge is -2.21. The fraction of sp³-hybridized carbons (Fsp3) is 0.412. The zero-order chi connectivity index (χ0) is 33.4. The number of thioether (sulfide) groups is 2. The van der Waals surface area contributed by atoms with E-state index in [1.807, 2.05) is 37.8 Å². The van der Waals surface area contributed by atoms with Crippen molar-refractivity contribution >= 4 is 46.7 Å². The second-order valence-electron chi connectivity index (χ2n) is 11.1. The highest BCUT2D eigenvalue weighted by atomic mass is 35.5. The molecule has 1 N–H and O–H groups in total. The van der Waals surface area contributed by atoms with Crippen LogP contribution >= 0.6 is 46.7 Å².